The Labute approximate surface area is 172 Å². The molecule has 2 rings (SSSR count). The van der Waals surface area contributed by atoms with Crippen LogP contribution in [0.2, 0.25) is 0 Å². The molecule has 6 heteroatoms. The SMILES string of the molecule is CCCOC(=O)c1ccc(C(CC)c2ccc(C(=O)OCCC)cc2N)c(N)c1. The van der Waals surface area contributed by atoms with E-state index in [1.165, 1.54) is 0 Å². The fourth-order valence-electron chi connectivity index (χ4n) is 3.20. The fourth-order valence-corrected chi connectivity index (χ4v) is 3.20. The van der Waals surface area contributed by atoms with Crippen LogP contribution in [0.4, 0.5) is 11.4 Å². The molecule has 0 saturated heterocycles. The maximum Gasteiger partial charge on any atom is 0.338 e. The summed E-state index contributed by atoms with van der Waals surface area (Å²) in [6.07, 6.45) is 2.28. The van der Waals surface area contributed by atoms with Gasteiger partial charge in [-0.25, -0.2) is 9.59 Å². The monoisotopic (exact) mass is 398 g/mol. The lowest BCUT2D eigenvalue weighted by molar-refractivity contribution is 0.0496. The number of hydrogen-bond donors (Lipinski definition) is 2. The number of hydrogen-bond acceptors (Lipinski definition) is 6. The van der Waals surface area contributed by atoms with Gasteiger partial charge in [0.15, 0.2) is 0 Å². The number of ether oxygens (including phenoxy) is 2. The molecule has 0 saturated carbocycles. The van der Waals surface area contributed by atoms with E-state index in [2.05, 4.69) is 0 Å². The minimum atomic E-state index is -0.382. The molecule has 0 radical (unpaired) electrons. The van der Waals surface area contributed by atoms with E-state index in [0.29, 0.717) is 35.7 Å². The highest BCUT2D eigenvalue weighted by atomic mass is 16.5. The summed E-state index contributed by atoms with van der Waals surface area (Å²) in [7, 11) is 0. The van der Waals surface area contributed by atoms with Gasteiger partial charge in [-0.05, 0) is 54.7 Å². The molecule has 0 fully saturated rings. The van der Waals surface area contributed by atoms with Gasteiger partial charge in [-0.3, -0.25) is 0 Å². The zero-order valence-corrected chi connectivity index (χ0v) is 17.4. The van der Waals surface area contributed by atoms with Crippen LogP contribution in [-0.4, -0.2) is 25.2 Å². The Bertz CT molecular complexity index is 794. The van der Waals surface area contributed by atoms with E-state index in [4.69, 9.17) is 20.9 Å². The number of benzene rings is 2. The molecule has 29 heavy (non-hydrogen) atoms. The van der Waals surface area contributed by atoms with Crippen molar-refractivity contribution in [1.82, 2.24) is 0 Å². The van der Waals surface area contributed by atoms with Crippen LogP contribution in [0.5, 0.6) is 0 Å². The van der Waals surface area contributed by atoms with Crippen LogP contribution in [0.15, 0.2) is 36.4 Å². The second-order valence-corrected chi connectivity index (χ2v) is 6.92. The van der Waals surface area contributed by atoms with Gasteiger partial charge in [0.05, 0.1) is 24.3 Å². The van der Waals surface area contributed by atoms with Gasteiger partial charge in [-0.2, -0.15) is 0 Å². The number of carbonyl (C=O) groups is 2. The minimum absolute atomic E-state index is 0.0589. The summed E-state index contributed by atoms with van der Waals surface area (Å²) in [5.74, 6) is -0.823. The number of rotatable bonds is 9. The largest absolute Gasteiger partial charge is 0.462 e. The summed E-state index contributed by atoms with van der Waals surface area (Å²) in [6.45, 7) is 6.67. The number of nitrogens with two attached hydrogens (primary N) is 2. The van der Waals surface area contributed by atoms with Crippen LogP contribution < -0.4 is 11.5 Å². The lowest BCUT2D eigenvalue weighted by Gasteiger charge is -2.21. The number of esters is 2. The second kappa shape index (κ2) is 10.5. The van der Waals surface area contributed by atoms with Crippen molar-refractivity contribution < 1.29 is 19.1 Å². The lowest BCUT2D eigenvalue weighted by atomic mass is 9.86. The van der Waals surface area contributed by atoms with E-state index in [9.17, 15) is 9.59 Å². The summed E-state index contributed by atoms with van der Waals surface area (Å²) in [4.78, 5) is 24.1. The van der Waals surface area contributed by atoms with Crippen molar-refractivity contribution in [1.29, 1.82) is 0 Å². The van der Waals surface area contributed by atoms with Crippen LogP contribution in [-0.2, 0) is 9.47 Å². The van der Waals surface area contributed by atoms with Crippen molar-refractivity contribution in [2.45, 2.75) is 46.0 Å². The van der Waals surface area contributed by atoms with Crippen molar-refractivity contribution in [3.05, 3.63) is 58.7 Å². The van der Waals surface area contributed by atoms with E-state index in [1.807, 2.05) is 32.9 Å². The predicted molar refractivity (Wildman–Crippen MR) is 115 cm³/mol. The summed E-state index contributed by atoms with van der Waals surface area (Å²) >= 11 is 0. The van der Waals surface area contributed by atoms with Crippen LogP contribution >= 0.6 is 0 Å². The number of carbonyl (C=O) groups excluding carboxylic acids is 2. The van der Waals surface area contributed by atoms with Gasteiger partial charge in [0, 0.05) is 17.3 Å². The maximum atomic E-state index is 12.1. The van der Waals surface area contributed by atoms with Gasteiger partial charge in [-0.1, -0.05) is 32.9 Å². The molecule has 156 valence electrons. The molecule has 0 aromatic heterocycles. The van der Waals surface area contributed by atoms with Gasteiger partial charge in [0.25, 0.3) is 0 Å². The Hall–Kier alpha value is -3.02. The summed E-state index contributed by atoms with van der Waals surface area (Å²) in [5.41, 5.74) is 16.2. The number of anilines is 2. The van der Waals surface area contributed by atoms with E-state index >= 15 is 0 Å². The Morgan fingerprint density at radius 1 is 0.793 bits per heavy atom. The first kappa shape index (κ1) is 22.3. The Morgan fingerprint density at radius 2 is 1.21 bits per heavy atom. The van der Waals surface area contributed by atoms with Crippen molar-refractivity contribution in [3.63, 3.8) is 0 Å². The summed E-state index contributed by atoms with van der Waals surface area (Å²) < 4.78 is 10.3. The zero-order chi connectivity index (χ0) is 21.4. The minimum Gasteiger partial charge on any atom is -0.462 e. The highest BCUT2D eigenvalue weighted by molar-refractivity contribution is 5.91. The molecule has 0 heterocycles. The van der Waals surface area contributed by atoms with Crippen LogP contribution in [0.25, 0.3) is 0 Å². The summed E-state index contributed by atoms with van der Waals surface area (Å²) in [6, 6.07) is 10.4. The lowest BCUT2D eigenvalue weighted by Crippen LogP contribution is -2.11. The van der Waals surface area contributed by atoms with Gasteiger partial charge in [0.2, 0.25) is 0 Å². The van der Waals surface area contributed by atoms with Gasteiger partial charge < -0.3 is 20.9 Å². The van der Waals surface area contributed by atoms with E-state index in [-0.39, 0.29) is 17.9 Å². The molecule has 4 N–H and O–H groups in total. The van der Waals surface area contributed by atoms with Crippen molar-refractivity contribution >= 4 is 23.3 Å². The maximum absolute atomic E-state index is 12.1. The first-order valence-corrected chi connectivity index (χ1v) is 10.1. The molecule has 0 amide bonds. The van der Waals surface area contributed by atoms with Crippen molar-refractivity contribution in [2.24, 2.45) is 0 Å². The standard InChI is InChI=1S/C23H30N2O4/c1-4-11-28-22(26)15-7-9-18(20(24)13-15)17(6-3)19-10-8-16(14-21(19)25)23(27)29-12-5-2/h7-10,13-14,17H,4-6,11-12,24-25H2,1-3H3. The van der Waals surface area contributed by atoms with E-state index in [1.54, 1.807) is 24.3 Å². The third kappa shape index (κ3) is 5.50. The van der Waals surface area contributed by atoms with Gasteiger partial charge in [0.1, 0.15) is 0 Å². The molecule has 2 aromatic rings. The zero-order valence-electron chi connectivity index (χ0n) is 17.4. The molecule has 0 aliphatic rings. The van der Waals surface area contributed by atoms with Crippen LogP contribution in [0, 0.1) is 0 Å². The third-order valence-electron chi connectivity index (χ3n) is 4.68. The van der Waals surface area contributed by atoms with Gasteiger partial charge >= 0.3 is 11.9 Å². The molecule has 0 unspecified atom stereocenters. The smallest absolute Gasteiger partial charge is 0.338 e. The normalized spacial score (nSPS) is 10.8. The molecular formula is C23H30N2O4. The highest BCUT2D eigenvalue weighted by Gasteiger charge is 2.20. The second-order valence-electron chi connectivity index (χ2n) is 6.92. The third-order valence-corrected chi connectivity index (χ3v) is 4.68. The topological polar surface area (TPSA) is 105 Å². The molecule has 6 nitrogen and oxygen atoms in total. The molecule has 0 bridgehead atoms. The highest BCUT2D eigenvalue weighted by Crippen LogP contribution is 2.35. The summed E-state index contributed by atoms with van der Waals surface area (Å²) in [5, 5.41) is 0. The van der Waals surface area contributed by atoms with Crippen molar-refractivity contribution in [3.8, 4) is 0 Å². The van der Waals surface area contributed by atoms with Crippen LogP contribution in [0.3, 0.4) is 0 Å². The van der Waals surface area contributed by atoms with Crippen molar-refractivity contribution in [2.75, 3.05) is 24.7 Å². The van der Waals surface area contributed by atoms with Gasteiger partial charge in [-0.15, -0.1) is 0 Å². The number of nitrogen functional groups attached to an aromatic ring is 2. The molecule has 0 atom stereocenters. The first-order valence-electron chi connectivity index (χ1n) is 10.1. The Balaban J connectivity index is 2.29. The quantitative estimate of drug-likeness (QED) is 0.475. The molecular weight excluding hydrogens is 368 g/mol. The predicted octanol–water partition coefficient (Wildman–Crippen LogP) is 4.53. The Morgan fingerprint density at radius 3 is 1.52 bits per heavy atom. The average Bonchev–Trinajstić information content (AvgIpc) is 2.72. The van der Waals surface area contributed by atoms with E-state index < -0.39 is 0 Å². The molecule has 0 aliphatic carbocycles. The fraction of sp³-hybridized carbons (Fsp3) is 0.391. The molecule has 2 aromatic carbocycles. The van der Waals surface area contributed by atoms with Crippen LogP contribution in [0.1, 0.15) is 77.8 Å². The Kier molecular flexibility index (Phi) is 8.07. The molecule has 0 spiro atoms. The first-order chi connectivity index (χ1) is 13.9. The molecule has 0 aliphatic heterocycles. The average molecular weight is 399 g/mol. The van der Waals surface area contributed by atoms with E-state index in [0.717, 1.165) is 30.4 Å².